The first-order valence-electron chi connectivity index (χ1n) is 8.06. The van der Waals surface area contributed by atoms with Crippen molar-refractivity contribution in [2.75, 3.05) is 0 Å². The van der Waals surface area contributed by atoms with Crippen molar-refractivity contribution in [3.63, 3.8) is 0 Å². The molecule has 1 heterocycles. The molecule has 0 amide bonds. The lowest BCUT2D eigenvalue weighted by Crippen LogP contribution is -2.32. The van der Waals surface area contributed by atoms with Crippen molar-refractivity contribution in [2.45, 2.75) is 84.1 Å². The molecule has 2 nitrogen and oxygen atoms in total. The van der Waals surface area contributed by atoms with Crippen LogP contribution in [0.3, 0.4) is 0 Å². The zero-order valence-corrected chi connectivity index (χ0v) is 18.7. The molecule has 0 aromatic carbocycles. The first-order valence-corrected chi connectivity index (χ1v) is 10.7. The van der Waals surface area contributed by atoms with E-state index < -0.39 is 0 Å². The van der Waals surface area contributed by atoms with Gasteiger partial charge in [0.2, 0.25) is 0 Å². The lowest BCUT2D eigenvalue weighted by Gasteiger charge is -2.31. The van der Waals surface area contributed by atoms with Crippen molar-refractivity contribution >= 4 is 54.5 Å². The Morgan fingerprint density at radius 3 is 2.10 bits per heavy atom. The Kier molecular flexibility index (Phi) is 9.41. The van der Waals surface area contributed by atoms with E-state index in [9.17, 15) is 0 Å². The smallest absolute Gasteiger partial charge is 0.143 e. The van der Waals surface area contributed by atoms with Crippen LogP contribution in [0.1, 0.15) is 78.6 Å². The van der Waals surface area contributed by atoms with Crippen LogP contribution >= 0.6 is 54.5 Å². The summed E-state index contributed by atoms with van der Waals surface area (Å²) in [4.78, 5) is 0. The van der Waals surface area contributed by atoms with E-state index in [-0.39, 0.29) is 5.54 Å². The van der Waals surface area contributed by atoms with Gasteiger partial charge in [-0.15, -0.1) is 0 Å². The van der Waals surface area contributed by atoms with Gasteiger partial charge in [0.05, 0.1) is 10.0 Å². The lowest BCUT2D eigenvalue weighted by molar-refractivity contribution is 0.223. The average molecular weight is 534 g/mol. The van der Waals surface area contributed by atoms with Crippen molar-refractivity contribution in [1.29, 1.82) is 0 Å². The number of hydrogen-bond donors (Lipinski definition) is 0. The molecule has 0 N–H and O–H groups in total. The molecule has 0 saturated heterocycles. The number of halogens is 3. The Balaban J connectivity index is 2.79. The summed E-state index contributed by atoms with van der Waals surface area (Å²) >= 11 is 9.57. The quantitative estimate of drug-likeness (QED) is 0.228. The van der Waals surface area contributed by atoms with Gasteiger partial charge in [0.25, 0.3) is 0 Å². The van der Waals surface area contributed by atoms with Crippen LogP contribution in [0.25, 0.3) is 0 Å². The predicted molar refractivity (Wildman–Crippen MR) is 107 cm³/mol. The lowest BCUT2D eigenvalue weighted by atomic mass is 9.89. The highest BCUT2D eigenvalue weighted by Crippen LogP contribution is 2.36. The van der Waals surface area contributed by atoms with Gasteiger partial charge < -0.3 is 0 Å². The van der Waals surface area contributed by atoms with Gasteiger partial charge in [0, 0.05) is 0 Å². The van der Waals surface area contributed by atoms with Gasteiger partial charge in [-0.1, -0.05) is 58.8 Å². The van der Waals surface area contributed by atoms with Crippen LogP contribution in [0.4, 0.5) is 0 Å². The molecule has 1 aromatic heterocycles. The van der Waals surface area contributed by atoms with Crippen molar-refractivity contribution in [1.82, 2.24) is 9.78 Å². The molecule has 122 valence electrons. The second kappa shape index (κ2) is 9.91. The van der Waals surface area contributed by atoms with Gasteiger partial charge in [-0.25, -0.2) is 0 Å². The molecule has 1 atom stereocenters. The highest BCUT2D eigenvalue weighted by atomic mass is 127. The van der Waals surface area contributed by atoms with Crippen LogP contribution in [0, 0.1) is 3.70 Å². The summed E-state index contributed by atoms with van der Waals surface area (Å²) in [5.41, 5.74) is 0.132. The molecule has 1 unspecified atom stereocenters. The zero-order chi connectivity index (χ0) is 15.9. The van der Waals surface area contributed by atoms with Crippen LogP contribution in [0.15, 0.2) is 9.08 Å². The van der Waals surface area contributed by atoms with E-state index in [1.165, 1.54) is 61.5 Å². The third kappa shape index (κ3) is 5.79. The molecule has 21 heavy (non-hydrogen) atoms. The first kappa shape index (κ1) is 19.9. The summed E-state index contributed by atoms with van der Waals surface area (Å²) in [6.07, 6.45) is 11.6. The van der Waals surface area contributed by atoms with Crippen LogP contribution in [0.2, 0.25) is 0 Å². The van der Waals surface area contributed by atoms with Gasteiger partial charge >= 0.3 is 0 Å². The summed E-state index contributed by atoms with van der Waals surface area (Å²) in [6.45, 7) is 6.91. The zero-order valence-electron chi connectivity index (χ0n) is 13.4. The molecular formula is C16H27Br2IN2. The van der Waals surface area contributed by atoms with Crippen LogP contribution in [0.5, 0.6) is 0 Å². The minimum atomic E-state index is 0.132. The Morgan fingerprint density at radius 1 is 1.00 bits per heavy atom. The molecule has 0 saturated carbocycles. The maximum atomic E-state index is 4.73. The SMILES string of the molecule is CCCCCCCC(C)(CCCC)n1nc(Br)c(Br)c1I. The van der Waals surface area contributed by atoms with Gasteiger partial charge in [0.1, 0.15) is 8.30 Å². The maximum Gasteiger partial charge on any atom is 0.143 e. The number of rotatable bonds is 10. The number of hydrogen-bond acceptors (Lipinski definition) is 1. The number of nitrogens with zero attached hydrogens (tertiary/aromatic N) is 2. The molecule has 0 radical (unpaired) electrons. The Labute approximate surface area is 160 Å². The summed E-state index contributed by atoms with van der Waals surface area (Å²) in [6, 6.07) is 0. The minimum Gasteiger partial charge on any atom is -0.251 e. The Bertz CT molecular complexity index is 434. The van der Waals surface area contributed by atoms with Gasteiger partial charge in [-0.2, -0.15) is 5.10 Å². The summed E-state index contributed by atoms with van der Waals surface area (Å²) < 4.78 is 5.43. The monoisotopic (exact) mass is 532 g/mol. The van der Waals surface area contributed by atoms with Crippen LogP contribution < -0.4 is 0 Å². The van der Waals surface area contributed by atoms with Crippen molar-refractivity contribution in [3.05, 3.63) is 12.8 Å². The fraction of sp³-hybridized carbons (Fsp3) is 0.812. The van der Waals surface area contributed by atoms with Gasteiger partial charge in [0.15, 0.2) is 0 Å². The van der Waals surface area contributed by atoms with Crippen LogP contribution in [-0.2, 0) is 5.54 Å². The highest BCUT2D eigenvalue weighted by Gasteiger charge is 2.30. The second-order valence-electron chi connectivity index (χ2n) is 6.07. The summed E-state index contributed by atoms with van der Waals surface area (Å²) in [5, 5.41) is 4.73. The minimum absolute atomic E-state index is 0.132. The second-order valence-corrected chi connectivity index (χ2v) is 8.64. The van der Waals surface area contributed by atoms with Crippen molar-refractivity contribution in [2.24, 2.45) is 0 Å². The molecule has 1 rings (SSSR count). The molecule has 0 aliphatic rings. The van der Waals surface area contributed by atoms with Crippen molar-refractivity contribution < 1.29 is 0 Å². The van der Waals surface area contributed by atoms with Crippen LogP contribution in [-0.4, -0.2) is 9.78 Å². The van der Waals surface area contributed by atoms with E-state index in [1.807, 2.05) is 0 Å². The molecule has 5 heteroatoms. The molecule has 0 fully saturated rings. The van der Waals surface area contributed by atoms with E-state index >= 15 is 0 Å². The van der Waals surface area contributed by atoms with E-state index in [0.717, 1.165) is 9.08 Å². The van der Waals surface area contributed by atoms with E-state index in [2.05, 4.69) is 79.9 Å². The van der Waals surface area contributed by atoms with Crippen molar-refractivity contribution in [3.8, 4) is 0 Å². The van der Waals surface area contributed by atoms with E-state index in [1.54, 1.807) is 0 Å². The topological polar surface area (TPSA) is 17.8 Å². The molecule has 0 aliphatic carbocycles. The first-order chi connectivity index (χ1) is 9.96. The number of unbranched alkanes of at least 4 members (excludes halogenated alkanes) is 5. The fourth-order valence-corrected chi connectivity index (χ4v) is 4.63. The summed E-state index contributed by atoms with van der Waals surface area (Å²) in [7, 11) is 0. The highest BCUT2D eigenvalue weighted by molar-refractivity contribution is 14.1. The predicted octanol–water partition coefficient (Wildman–Crippen LogP) is 7.28. The normalized spacial score (nSPS) is 14.4. The average Bonchev–Trinajstić information content (AvgIpc) is 2.73. The largest absolute Gasteiger partial charge is 0.251 e. The third-order valence-electron chi connectivity index (χ3n) is 4.14. The molecule has 0 bridgehead atoms. The Hall–Kier alpha value is 0.900. The van der Waals surface area contributed by atoms with E-state index in [0.29, 0.717) is 0 Å². The molecular weight excluding hydrogens is 507 g/mol. The third-order valence-corrected chi connectivity index (χ3v) is 7.71. The molecule has 0 spiro atoms. The number of aromatic nitrogens is 2. The van der Waals surface area contributed by atoms with Gasteiger partial charge in [-0.05, 0) is 74.2 Å². The molecule has 0 aliphatic heterocycles. The maximum absolute atomic E-state index is 4.73. The van der Waals surface area contributed by atoms with E-state index in [4.69, 9.17) is 5.10 Å². The Morgan fingerprint density at radius 2 is 1.57 bits per heavy atom. The molecule has 1 aromatic rings. The standard InChI is InChI=1S/C16H27Br2IN2/c1-4-6-8-9-10-12-16(3,11-7-5-2)21-15(19)13(17)14(18)20-21/h4-12H2,1-3H3. The fourth-order valence-electron chi connectivity index (χ4n) is 2.72. The summed E-state index contributed by atoms with van der Waals surface area (Å²) in [5.74, 6) is 0. The van der Waals surface area contributed by atoms with Gasteiger partial charge in [-0.3, -0.25) is 4.68 Å².